The van der Waals surface area contributed by atoms with Gasteiger partial charge in [0.25, 0.3) is 0 Å². The minimum atomic E-state index is -0.190. The average Bonchev–Trinajstić information content (AvgIpc) is 2.14. The van der Waals surface area contributed by atoms with Crippen LogP contribution >= 0.6 is 0 Å². The van der Waals surface area contributed by atoms with E-state index in [2.05, 4.69) is 12.2 Å². The number of aliphatic hydroxyl groups is 1. The van der Waals surface area contributed by atoms with Crippen molar-refractivity contribution in [1.29, 1.82) is 0 Å². The summed E-state index contributed by atoms with van der Waals surface area (Å²) in [6.07, 6.45) is 2.20. The van der Waals surface area contributed by atoms with Gasteiger partial charge in [0.15, 0.2) is 0 Å². The molecule has 0 heterocycles. The van der Waals surface area contributed by atoms with Gasteiger partial charge in [0.1, 0.15) is 0 Å². The highest BCUT2D eigenvalue weighted by Gasteiger charge is 2.21. The molecule has 0 aromatic rings. The van der Waals surface area contributed by atoms with Crippen molar-refractivity contribution in [2.45, 2.75) is 52.2 Å². The van der Waals surface area contributed by atoms with E-state index in [-0.39, 0.29) is 18.2 Å². The highest BCUT2D eigenvalue weighted by atomic mass is 16.5. The van der Waals surface area contributed by atoms with Crippen molar-refractivity contribution in [3.8, 4) is 0 Å². The lowest BCUT2D eigenvalue weighted by atomic mass is 9.99. The average molecular weight is 203 g/mol. The quantitative estimate of drug-likeness (QED) is 0.629. The van der Waals surface area contributed by atoms with Crippen LogP contribution in [-0.4, -0.2) is 36.5 Å². The third-order valence-electron chi connectivity index (χ3n) is 2.26. The van der Waals surface area contributed by atoms with E-state index in [1.165, 1.54) is 0 Å². The maximum Gasteiger partial charge on any atom is 0.0611 e. The Morgan fingerprint density at radius 1 is 1.43 bits per heavy atom. The van der Waals surface area contributed by atoms with E-state index in [4.69, 9.17) is 4.74 Å². The van der Waals surface area contributed by atoms with Crippen molar-refractivity contribution in [2.24, 2.45) is 0 Å². The van der Waals surface area contributed by atoms with Gasteiger partial charge in [0, 0.05) is 12.1 Å². The summed E-state index contributed by atoms with van der Waals surface area (Å²) in [7, 11) is 0. The standard InChI is InChI=1S/C11H25NO2/c1-5-7-12-11(4,9-13)6-8-14-10(2)3/h10,12-13H,5-9H2,1-4H3. The lowest BCUT2D eigenvalue weighted by Gasteiger charge is -2.29. The Balaban J connectivity index is 3.74. The first-order valence-electron chi connectivity index (χ1n) is 5.51. The molecule has 0 aromatic carbocycles. The summed E-state index contributed by atoms with van der Waals surface area (Å²) in [4.78, 5) is 0. The molecule has 14 heavy (non-hydrogen) atoms. The highest BCUT2D eigenvalue weighted by molar-refractivity contribution is 4.81. The molecular formula is C11H25NO2. The second-order valence-corrected chi connectivity index (χ2v) is 4.32. The van der Waals surface area contributed by atoms with E-state index in [0.717, 1.165) is 19.4 Å². The Labute approximate surface area is 87.8 Å². The summed E-state index contributed by atoms with van der Waals surface area (Å²) in [5.41, 5.74) is -0.190. The fourth-order valence-electron chi connectivity index (χ4n) is 1.17. The van der Waals surface area contributed by atoms with Gasteiger partial charge in [0.05, 0.1) is 12.7 Å². The fraction of sp³-hybridized carbons (Fsp3) is 1.00. The SMILES string of the molecule is CCCNC(C)(CO)CCOC(C)C. The molecule has 0 spiro atoms. The molecule has 0 bridgehead atoms. The third kappa shape index (κ3) is 6.35. The van der Waals surface area contributed by atoms with Crippen LogP contribution in [0.25, 0.3) is 0 Å². The van der Waals surface area contributed by atoms with Crippen molar-refractivity contribution < 1.29 is 9.84 Å². The Morgan fingerprint density at radius 2 is 2.07 bits per heavy atom. The summed E-state index contributed by atoms with van der Waals surface area (Å²) in [6, 6.07) is 0. The third-order valence-corrected chi connectivity index (χ3v) is 2.26. The van der Waals surface area contributed by atoms with E-state index >= 15 is 0 Å². The summed E-state index contributed by atoms with van der Waals surface area (Å²) < 4.78 is 5.47. The molecular weight excluding hydrogens is 178 g/mol. The largest absolute Gasteiger partial charge is 0.394 e. The van der Waals surface area contributed by atoms with Crippen LogP contribution in [0, 0.1) is 0 Å². The van der Waals surface area contributed by atoms with E-state index in [1.807, 2.05) is 20.8 Å². The number of hydrogen-bond acceptors (Lipinski definition) is 3. The predicted octanol–water partition coefficient (Wildman–Crippen LogP) is 1.55. The maximum atomic E-state index is 9.26. The molecule has 3 heteroatoms. The first-order valence-corrected chi connectivity index (χ1v) is 5.51. The molecule has 0 fully saturated rings. The Bertz CT molecular complexity index is 139. The Hall–Kier alpha value is -0.120. The molecule has 0 rings (SSSR count). The van der Waals surface area contributed by atoms with Gasteiger partial charge in [-0.05, 0) is 40.2 Å². The van der Waals surface area contributed by atoms with Gasteiger partial charge < -0.3 is 15.2 Å². The van der Waals surface area contributed by atoms with E-state index < -0.39 is 0 Å². The van der Waals surface area contributed by atoms with Gasteiger partial charge in [-0.2, -0.15) is 0 Å². The van der Waals surface area contributed by atoms with Gasteiger partial charge in [-0.1, -0.05) is 6.92 Å². The molecule has 0 amide bonds. The van der Waals surface area contributed by atoms with Crippen molar-refractivity contribution in [2.75, 3.05) is 19.8 Å². The van der Waals surface area contributed by atoms with E-state index in [0.29, 0.717) is 6.61 Å². The molecule has 2 N–H and O–H groups in total. The fourth-order valence-corrected chi connectivity index (χ4v) is 1.17. The molecule has 0 saturated carbocycles. The lowest BCUT2D eigenvalue weighted by molar-refractivity contribution is 0.0502. The number of hydrogen-bond donors (Lipinski definition) is 2. The zero-order chi connectivity index (χ0) is 11.0. The first kappa shape index (κ1) is 13.9. The van der Waals surface area contributed by atoms with Gasteiger partial charge in [0.2, 0.25) is 0 Å². The van der Waals surface area contributed by atoms with Gasteiger partial charge in [-0.15, -0.1) is 0 Å². The number of aliphatic hydroxyl groups excluding tert-OH is 1. The Kier molecular flexibility index (Phi) is 7.15. The topological polar surface area (TPSA) is 41.5 Å². The minimum Gasteiger partial charge on any atom is -0.394 e. The molecule has 0 aliphatic heterocycles. The number of nitrogens with one attached hydrogen (secondary N) is 1. The van der Waals surface area contributed by atoms with Crippen LogP contribution < -0.4 is 5.32 Å². The van der Waals surface area contributed by atoms with E-state index in [9.17, 15) is 5.11 Å². The smallest absolute Gasteiger partial charge is 0.0611 e. The molecule has 86 valence electrons. The number of rotatable bonds is 8. The monoisotopic (exact) mass is 203 g/mol. The predicted molar refractivity (Wildman–Crippen MR) is 59.5 cm³/mol. The summed E-state index contributed by atoms with van der Waals surface area (Å²) in [5.74, 6) is 0. The van der Waals surface area contributed by atoms with Crippen molar-refractivity contribution >= 4 is 0 Å². The van der Waals surface area contributed by atoms with Crippen LogP contribution in [0.4, 0.5) is 0 Å². The van der Waals surface area contributed by atoms with Crippen LogP contribution in [0.2, 0.25) is 0 Å². The normalized spacial score (nSPS) is 15.9. The molecule has 1 atom stereocenters. The van der Waals surface area contributed by atoms with Crippen LogP contribution in [0.3, 0.4) is 0 Å². The second kappa shape index (κ2) is 7.21. The van der Waals surface area contributed by atoms with Gasteiger partial charge in [-0.25, -0.2) is 0 Å². The molecule has 0 aliphatic rings. The Morgan fingerprint density at radius 3 is 2.50 bits per heavy atom. The van der Waals surface area contributed by atoms with Crippen molar-refractivity contribution in [3.05, 3.63) is 0 Å². The molecule has 0 aromatic heterocycles. The summed E-state index contributed by atoms with van der Waals surface area (Å²) in [6.45, 7) is 10.0. The molecule has 3 nitrogen and oxygen atoms in total. The first-order chi connectivity index (χ1) is 6.54. The summed E-state index contributed by atoms with van der Waals surface area (Å²) >= 11 is 0. The zero-order valence-electron chi connectivity index (χ0n) is 9.97. The molecule has 0 aliphatic carbocycles. The van der Waals surface area contributed by atoms with Crippen LogP contribution in [-0.2, 0) is 4.74 Å². The van der Waals surface area contributed by atoms with Gasteiger partial charge >= 0.3 is 0 Å². The summed E-state index contributed by atoms with van der Waals surface area (Å²) in [5, 5.41) is 12.6. The maximum absolute atomic E-state index is 9.26. The number of ether oxygens (including phenoxy) is 1. The van der Waals surface area contributed by atoms with Crippen LogP contribution in [0.1, 0.15) is 40.5 Å². The molecule has 0 radical (unpaired) electrons. The van der Waals surface area contributed by atoms with Crippen LogP contribution in [0.15, 0.2) is 0 Å². The highest BCUT2D eigenvalue weighted by Crippen LogP contribution is 2.09. The van der Waals surface area contributed by atoms with Crippen LogP contribution in [0.5, 0.6) is 0 Å². The van der Waals surface area contributed by atoms with Crippen molar-refractivity contribution in [3.63, 3.8) is 0 Å². The molecule has 1 unspecified atom stereocenters. The zero-order valence-corrected chi connectivity index (χ0v) is 9.97. The van der Waals surface area contributed by atoms with Crippen molar-refractivity contribution in [1.82, 2.24) is 5.32 Å². The minimum absolute atomic E-state index is 0.161. The van der Waals surface area contributed by atoms with E-state index in [1.54, 1.807) is 0 Å². The van der Waals surface area contributed by atoms with Gasteiger partial charge in [-0.3, -0.25) is 0 Å². The lowest BCUT2D eigenvalue weighted by Crippen LogP contribution is -2.47. The molecule has 0 saturated heterocycles. The second-order valence-electron chi connectivity index (χ2n) is 4.32.